The van der Waals surface area contributed by atoms with Crippen LogP contribution in [0.5, 0.6) is 0 Å². The van der Waals surface area contributed by atoms with E-state index < -0.39 is 11.6 Å². The molecule has 24 heavy (non-hydrogen) atoms. The highest BCUT2D eigenvalue weighted by Crippen LogP contribution is 2.32. The Morgan fingerprint density at radius 3 is 2.38 bits per heavy atom. The third kappa shape index (κ3) is 4.98. The smallest absolute Gasteiger partial charge is 0.408 e. The molecule has 2 amide bonds. The summed E-state index contributed by atoms with van der Waals surface area (Å²) in [6, 6.07) is 9.59. The summed E-state index contributed by atoms with van der Waals surface area (Å²) < 4.78 is 5.25. The topological polar surface area (TPSA) is 67.4 Å². The Labute approximate surface area is 144 Å². The maximum absolute atomic E-state index is 12.6. The van der Waals surface area contributed by atoms with Gasteiger partial charge in [-0.2, -0.15) is 0 Å². The molecule has 0 saturated heterocycles. The van der Waals surface area contributed by atoms with E-state index in [1.54, 1.807) is 0 Å². The minimum Gasteiger partial charge on any atom is -0.445 e. The molecule has 5 nitrogen and oxygen atoms in total. The molecule has 0 heterocycles. The van der Waals surface area contributed by atoms with E-state index in [1.807, 2.05) is 37.3 Å². The van der Waals surface area contributed by atoms with Gasteiger partial charge in [-0.1, -0.05) is 44.2 Å². The summed E-state index contributed by atoms with van der Waals surface area (Å²) in [7, 11) is 0. The van der Waals surface area contributed by atoms with Gasteiger partial charge in [-0.05, 0) is 44.1 Å². The van der Waals surface area contributed by atoms with Gasteiger partial charge in [0.2, 0.25) is 5.91 Å². The van der Waals surface area contributed by atoms with E-state index in [1.165, 1.54) is 0 Å². The van der Waals surface area contributed by atoms with Crippen LogP contribution in [0, 0.1) is 5.92 Å². The molecule has 1 unspecified atom stereocenters. The third-order valence-corrected chi connectivity index (χ3v) is 4.40. The molecule has 1 aromatic carbocycles. The Kier molecular flexibility index (Phi) is 6.23. The number of amides is 2. The summed E-state index contributed by atoms with van der Waals surface area (Å²) >= 11 is 0. The minimum absolute atomic E-state index is 0.0946. The molecule has 1 atom stereocenters. The highest BCUT2D eigenvalue weighted by molar-refractivity contribution is 5.91. The van der Waals surface area contributed by atoms with Gasteiger partial charge in [-0.15, -0.1) is 0 Å². The lowest BCUT2D eigenvalue weighted by Crippen LogP contribution is -2.63. The summed E-state index contributed by atoms with van der Waals surface area (Å²) in [5, 5.41) is 5.81. The third-order valence-electron chi connectivity index (χ3n) is 4.40. The van der Waals surface area contributed by atoms with Gasteiger partial charge in [0.05, 0.1) is 0 Å². The Morgan fingerprint density at radius 1 is 1.17 bits per heavy atom. The molecule has 5 heteroatoms. The van der Waals surface area contributed by atoms with E-state index in [2.05, 4.69) is 24.5 Å². The van der Waals surface area contributed by atoms with Crippen molar-refractivity contribution in [2.24, 2.45) is 5.92 Å². The normalized spacial score (nSPS) is 16.8. The van der Waals surface area contributed by atoms with Crippen LogP contribution in [-0.2, 0) is 16.1 Å². The molecule has 2 N–H and O–H groups in total. The summed E-state index contributed by atoms with van der Waals surface area (Å²) in [6.07, 6.45) is 2.64. The Bertz CT molecular complexity index is 553. The number of hydrogen-bond acceptors (Lipinski definition) is 3. The first-order valence-corrected chi connectivity index (χ1v) is 8.71. The highest BCUT2D eigenvalue weighted by Gasteiger charge is 2.46. The maximum atomic E-state index is 12.6. The molecule has 1 aliphatic rings. The lowest BCUT2D eigenvalue weighted by Gasteiger charge is -2.41. The largest absolute Gasteiger partial charge is 0.445 e. The highest BCUT2D eigenvalue weighted by atomic mass is 16.5. The van der Waals surface area contributed by atoms with Gasteiger partial charge in [0.25, 0.3) is 0 Å². The van der Waals surface area contributed by atoms with E-state index in [9.17, 15) is 9.59 Å². The molecule has 1 aliphatic carbocycles. The molecule has 1 saturated carbocycles. The lowest BCUT2D eigenvalue weighted by molar-refractivity contribution is -0.131. The number of benzene rings is 1. The van der Waals surface area contributed by atoms with E-state index in [-0.39, 0.29) is 18.6 Å². The van der Waals surface area contributed by atoms with E-state index in [0.717, 1.165) is 18.4 Å². The Balaban J connectivity index is 1.85. The van der Waals surface area contributed by atoms with Crippen LogP contribution in [0.25, 0.3) is 0 Å². The van der Waals surface area contributed by atoms with E-state index in [0.29, 0.717) is 18.8 Å². The van der Waals surface area contributed by atoms with Crippen molar-refractivity contribution in [1.29, 1.82) is 0 Å². The van der Waals surface area contributed by atoms with Crippen molar-refractivity contribution in [1.82, 2.24) is 10.6 Å². The van der Waals surface area contributed by atoms with Gasteiger partial charge >= 0.3 is 6.09 Å². The summed E-state index contributed by atoms with van der Waals surface area (Å²) in [6.45, 7) is 6.45. The van der Waals surface area contributed by atoms with Gasteiger partial charge in [0.15, 0.2) is 0 Å². The van der Waals surface area contributed by atoms with Crippen LogP contribution in [0.1, 0.15) is 52.0 Å². The number of rotatable bonds is 7. The molecule has 132 valence electrons. The number of ether oxygens (including phenoxy) is 1. The van der Waals surface area contributed by atoms with Crippen molar-refractivity contribution in [3.8, 4) is 0 Å². The van der Waals surface area contributed by atoms with Crippen molar-refractivity contribution in [2.75, 3.05) is 0 Å². The van der Waals surface area contributed by atoms with Gasteiger partial charge in [-0.3, -0.25) is 4.79 Å². The molecule has 0 radical (unpaired) electrons. The second-order valence-corrected chi connectivity index (χ2v) is 7.13. The van der Waals surface area contributed by atoms with Crippen LogP contribution < -0.4 is 10.6 Å². The van der Waals surface area contributed by atoms with Crippen LogP contribution in [0.4, 0.5) is 4.79 Å². The van der Waals surface area contributed by atoms with Gasteiger partial charge < -0.3 is 15.4 Å². The Morgan fingerprint density at radius 2 is 1.83 bits per heavy atom. The van der Waals surface area contributed by atoms with Crippen LogP contribution >= 0.6 is 0 Å². The number of hydrogen-bond donors (Lipinski definition) is 2. The van der Waals surface area contributed by atoms with Crippen molar-refractivity contribution in [2.45, 2.75) is 64.6 Å². The molecular weight excluding hydrogens is 304 g/mol. The van der Waals surface area contributed by atoms with Gasteiger partial charge in [0, 0.05) is 6.04 Å². The molecule has 2 rings (SSSR count). The average Bonchev–Trinajstić information content (AvgIpc) is 2.48. The predicted molar refractivity (Wildman–Crippen MR) is 93.4 cm³/mol. The molecule has 0 bridgehead atoms. The molecule has 0 aromatic heterocycles. The summed E-state index contributed by atoms with van der Waals surface area (Å²) in [5.41, 5.74) is 0.115. The second kappa shape index (κ2) is 8.18. The van der Waals surface area contributed by atoms with Crippen LogP contribution in [0.15, 0.2) is 30.3 Å². The lowest BCUT2D eigenvalue weighted by atomic mass is 9.76. The molecule has 1 aromatic rings. The van der Waals surface area contributed by atoms with Crippen molar-refractivity contribution in [3.63, 3.8) is 0 Å². The first kappa shape index (κ1) is 18.3. The SMILES string of the molecule is CC(C)CC(C)NC(=O)C1(NC(=O)OCc2ccccc2)CCC1. The Hall–Kier alpha value is -2.04. The average molecular weight is 332 g/mol. The summed E-state index contributed by atoms with van der Waals surface area (Å²) in [4.78, 5) is 24.6. The maximum Gasteiger partial charge on any atom is 0.408 e. The second-order valence-electron chi connectivity index (χ2n) is 7.13. The first-order valence-electron chi connectivity index (χ1n) is 8.71. The first-order chi connectivity index (χ1) is 11.4. The van der Waals surface area contributed by atoms with Crippen LogP contribution in [-0.4, -0.2) is 23.6 Å². The van der Waals surface area contributed by atoms with Gasteiger partial charge in [-0.25, -0.2) is 4.79 Å². The molecule has 0 aliphatic heterocycles. The van der Waals surface area contributed by atoms with E-state index >= 15 is 0 Å². The van der Waals surface area contributed by atoms with Crippen molar-refractivity contribution < 1.29 is 14.3 Å². The molecule has 0 spiro atoms. The predicted octanol–water partition coefficient (Wildman–Crippen LogP) is 3.39. The standard InChI is InChI=1S/C19H28N2O3/c1-14(2)12-15(3)20-17(22)19(10-7-11-19)21-18(23)24-13-16-8-5-4-6-9-16/h4-6,8-9,14-15H,7,10-13H2,1-3H3,(H,20,22)(H,21,23). The number of carbonyl (C=O) groups is 2. The van der Waals surface area contributed by atoms with Crippen LogP contribution in [0.3, 0.4) is 0 Å². The zero-order valence-corrected chi connectivity index (χ0v) is 14.8. The van der Waals surface area contributed by atoms with Crippen LogP contribution in [0.2, 0.25) is 0 Å². The van der Waals surface area contributed by atoms with Crippen molar-refractivity contribution in [3.05, 3.63) is 35.9 Å². The minimum atomic E-state index is -0.807. The van der Waals surface area contributed by atoms with Crippen molar-refractivity contribution >= 4 is 12.0 Å². The fraction of sp³-hybridized carbons (Fsp3) is 0.579. The van der Waals surface area contributed by atoms with E-state index in [4.69, 9.17) is 4.74 Å². The number of alkyl carbamates (subject to hydrolysis) is 1. The summed E-state index contributed by atoms with van der Waals surface area (Å²) in [5.74, 6) is 0.417. The zero-order valence-electron chi connectivity index (χ0n) is 14.8. The fourth-order valence-electron chi connectivity index (χ4n) is 3.02. The number of nitrogens with one attached hydrogen (secondary N) is 2. The molecular formula is C19H28N2O3. The number of carbonyl (C=O) groups excluding carboxylic acids is 2. The molecule has 1 fully saturated rings. The zero-order chi connectivity index (χ0) is 17.6. The fourth-order valence-corrected chi connectivity index (χ4v) is 3.02. The van der Waals surface area contributed by atoms with Gasteiger partial charge in [0.1, 0.15) is 12.1 Å². The monoisotopic (exact) mass is 332 g/mol. The quantitative estimate of drug-likeness (QED) is 0.804.